The first kappa shape index (κ1) is 13.5. The van der Waals surface area contributed by atoms with Crippen LogP contribution in [0.1, 0.15) is 60.3 Å². The fourth-order valence-electron chi connectivity index (χ4n) is 2.17. The van der Waals surface area contributed by atoms with Gasteiger partial charge in [-0.25, -0.2) is 0 Å². The van der Waals surface area contributed by atoms with Gasteiger partial charge in [-0.2, -0.15) is 0 Å². The van der Waals surface area contributed by atoms with Gasteiger partial charge in [0.2, 0.25) is 0 Å². The summed E-state index contributed by atoms with van der Waals surface area (Å²) in [5.74, 6) is 0.294. The van der Waals surface area contributed by atoms with E-state index in [0.717, 1.165) is 25.7 Å². The van der Waals surface area contributed by atoms with Crippen molar-refractivity contribution in [1.82, 2.24) is 0 Å². The second-order valence-electron chi connectivity index (χ2n) is 4.06. The first-order chi connectivity index (χ1) is 6.52. The predicted molar refractivity (Wildman–Crippen MR) is 59.2 cm³/mol. The number of carbonyl (C=O) groups excluding carboxylic acids is 1. The van der Waals surface area contributed by atoms with Gasteiger partial charge < -0.3 is 4.74 Å². The van der Waals surface area contributed by atoms with Gasteiger partial charge in [0, 0.05) is 6.92 Å². The van der Waals surface area contributed by atoms with Crippen LogP contribution >= 0.6 is 0 Å². The zero-order valence-corrected chi connectivity index (χ0v) is 10.2. The summed E-state index contributed by atoms with van der Waals surface area (Å²) in [4.78, 5) is 11.1. The van der Waals surface area contributed by atoms with Gasteiger partial charge in [-0.3, -0.25) is 4.79 Å². The molecule has 0 aliphatic carbocycles. The van der Waals surface area contributed by atoms with Crippen LogP contribution in [0.4, 0.5) is 0 Å². The third-order valence-electron chi connectivity index (χ3n) is 3.16. The number of hydrogen-bond donors (Lipinski definition) is 0. The molecule has 0 amide bonds. The van der Waals surface area contributed by atoms with Crippen LogP contribution in [-0.4, -0.2) is 11.6 Å². The molecule has 1 atom stereocenters. The Bertz CT molecular complexity index is 171. The molecule has 0 aliphatic rings. The molecule has 14 heavy (non-hydrogen) atoms. The summed E-state index contributed by atoms with van der Waals surface area (Å²) in [6, 6.07) is 0. The SMILES string of the molecule is CCCC(C)C(CC)(CC)OC(C)=O. The summed E-state index contributed by atoms with van der Waals surface area (Å²) in [5.41, 5.74) is -0.234. The minimum atomic E-state index is -0.234. The zero-order valence-electron chi connectivity index (χ0n) is 10.2. The number of esters is 1. The van der Waals surface area contributed by atoms with Crippen molar-refractivity contribution in [3.8, 4) is 0 Å². The normalized spacial score (nSPS) is 13.8. The molecule has 0 radical (unpaired) electrons. The van der Waals surface area contributed by atoms with Gasteiger partial charge in [-0.05, 0) is 25.2 Å². The first-order valence-electron chi connectivity index (χ1n) is 5.72. The topological polar surface area (TPSA) is 26.3 Å². The molecule has 0 aromatic rings. The average molecular weight is 200 g/mol. The van der Waals surface area contributed by atoms with Crippen molar-refractivity contribution < 1.29 is 9.53 Å². The van der Waals surface area contributed by atoms with Gasteiger partial charge >= 0.3 is 5.97 Å². The molecule has 0 saturated carbocycles. The summed E-state index contributed by atoms with van der Waals surface area (Å²) in [6.07, 6.45) is 4.08. The lowest BCUT2D eigenvalue weighted by Crippen LogP contribution is -2.39. The van der Waals surface area contributed by atoms with Gasteiger partial charge in [-0.1, -0.05) is 34.1 Å². The standard InChI is InChI=1S/C12H24O2/c1-6-9-10(4)12(7-2,8-3)14-11(5)13/h10H,6-9H2,1-5H3. The lowest BCUT2D eigenvalue weighted by molar-refractivity contribution is -0.164. The van der Waals surface area contributed by atoms with E-state index in [-0.39, 0.29) is 11.6 Å². The fourth-order valence-corrected chi connectivity index (χ4v) is 2.17. The molecule has 2 heteroatoms. The summed E-state index contributed by atoms with van der Waals surface area (Å²) in [7, 11) is 0. The molecular formula is C12H24O2. The summed E-state index contributed by atoms with van der Waals surface area (Å²) in [5, 5.41) is 0. The Balaban J connectivity index is 4.58. The van der Waals surface area contributed by atoms with Crippen molar-refractivity contribution in [1.29, 1.82) is 0 Å². The summed E-state index contributed by atoms with van der Waals surface area (Å²) < 4.78 is 5.51. The monoisotopic (exact) mass is 200 g/mol. The average Bonchev–Trinajstić information content (AvgIpc) is 2.14. The van der Waals surface area contributed by atoms with Crippen LogP contribution in [0, 0.1) is 5.92 Å². The lowest BCUT2D eigenvalue weighted by Gasteiger charge is -2.37. The highest BCUT2D eigenvalue weighted by Gasteiger charge is 2.35. The van der Waals surface area contributed by atoms with E-state index >= 15 is 0 Å². The van der Waals surface area contributed by atoms with Crippen LogP contribution < -0.4 is 0 Å². The largest absolute Gasteiger partial charge is 0.459 e. The maximum absolute atomic E-state index is 11.1. The first-order valence-corrected chi connectivity index (χ1v) is 5.72. The second kappa shape index (κ2) is 6.05. The van der Waals surface area contributed by atoms with Gasteiger partial charge in [0.05, 0.1) is 0 Å². The smallest absolute Gasteiger partial charge is 0.303 e. The molecule has 1 unspecified atom stereocenters. The highest BCUT2D eigenvalue weighted by molar-refractivity contribution is 5.66. The highest BCUT2D eigenvalue weighted by atomic mass is 16.6. The van der Waals surface area contributed by atoms with Gasteiger partial charge in [0.25, 0.3) is 0 Å². The van der Waals surface area contributed by atoms with Crippen molar-refractivity contribution in [3.63, 3.8) is 0 Å². The molecule has 0 aromatic carbocycles. The van der Waals surface area contributed by atoms with Crippen LogP contribution in [0.15, 0.2) is 0 Å². The molecular weight excluding hydrogens is 176 g/mol. The summed E-state index contributed by atoms with van der Waals surface area (Å²) >= 11 is 0. The Morgan fingerprint density at radius 3 is 2.07 bits per heavy atom. The molecule has 0 aliphatic heterocycles. The van der Waals surface area contributed by atoms with Crippen molar-refractivity contribution in [2.75, 3.05) is 0 Å². The van der Waals surface area contributed by atoms with E-state index in [4.69, 9.17) is 4.74 Å². The van der Waals surface area contributed by atoms with Crippen molar-refractivity contribution in [2.24, 2.45) is 5.92 Å². The number of hydrogen-bond acceptors (Lipinski definition) is 2. The number of carbonyl (C=O) groups is 1. The van der Waals surface area contributed by atoms with Crippen LogP contribution in [0.5, 0.6) is 0 Å². The Morgan fingerprint density at radius 2 is 1.79 bits per heavy atom. The van der Waals surface area contributed by atoms with E-state index in [9.17, 15) is 4.79 Å². The number of rotatable bonds is 6. The fraction of sp³-hybridized carbons (Fsp3) is 0.917. The van der Waals surface area contributed by atoms with E-state index in [1.807, 2.05) is 0 Å². The minimum Gasteiger partial charge on any atom is -0.459 e. The van der Waals surface area contributed by atoms with E-state index in [1.165, 1.54) is 6.92 Å². The quantitative estimate of drug-likeness (QED) is 0.613. The maximum Gasteiger partial charge on any atom is 0.303 e. The van der Waals surface area contributed by atoms with Crippen LogP contribution in [0.2, 0.25) is 0 Å². The van der Waals surface area contributed by atoms with Crippen LogP contribution in [0.25, 0.3) is 0 Å². The van der Waals surface area contributed by atoms with Crippen molar-refractivity contribution in [3.05, 3.63) is 0 Å². The van der Waals surface area contributed by atoms with Crippen molar-refractivity contribution >= 4 is 5.97 Å². The maximum atomic E-state index is 11.1. The minimum absolute atomic E-state index is 0.156. The van der Waals surface area contributed by atoms with E-state index in [1.54, 1.807) is 0 Å². The van der Waals surface area contributed by atoms with E-state index in [2.05, 4.69) is 27.7 Å². The Morgan fingerprint density at radius 1 is 1.29 bits per heavy atom. The molecule has 0 aromatic heterocycles. The van der Waals surface area contributed by atoms with Gasteiger partial charge in [0.15, 0.2) is 0 Å². The third kappa shape index (κ3) is 3.32. The molecule has 0 spiro atoms. The van der Waals surface area contributed by atoms with Crippen molar-refractivity contribution in [2.45, 2.75) is 65.9 Å². The number of ether oxygens (including phenoxy) is 1. The zero-order chi connectivity index (χ0) is 11.2. The predicted octanol–water partition coefficient (Wildman–Crippen LogP) is 3.54. The Hall–Kier alpha value is -0.530. The molecule has 84 valence electrons. The Labute approximate surface area is 88.0 Å². The van der Waals surface area contributed by atoms with Gasteiger partial charge in [-0.15, -0.1) is 0 Å². The molecule has 0 bridgehead atoms. The molecule has 0 rings (SSSR count). The summed E-state index contributed by atoms with van der Waals surface area (Å²) in [6.45, 7) is 10.0. The molecule has 0 heterocycles. The molecule has 0 fully saturated rings. The van der Waals surface area contributed by atoms with E-state index in [0.29, 0.717) is 5.92 Å². The third-order valence-corrected chi connectivity index (χ3v) is 3.16. The molecule has 2 nitrogen and oxygen atoms in total. The molecule has 0 N–H and O–H groups in total. The Kier molecular flexibility index (Phi) is 5.82. The van der Waals surface area contributed by atoms with Crippen LogP contribution in [0.3, 0.4) is 0 Å². The van der Waals surface area contributed by atoms with E-state index < -0.39 is 0 Å². The highest BCUT2D eigenvalue weighted by Crippen LogP contribution is 2.32. The second-order valence-corrected chi connectivity index (χ2v) is 4.06. The van der Waals surface area contributed by atoms with Gasteiger partial charge in [0.1, 0.15) is 5.60 Å². The van der Waals surface area contributed by atoms with Crippen LogP contribution in [-0.2, 0) is 9.53 Å². The lowest BCUT2D eigenvalue weighted by atomic mass is 9.81. The molecule has 0 saturated heterocycles.